The summed E-state index contributed by atoms with van der Waals surface area (Å²) in [5, 5.41) is 5.71. The topological polar surface area (TPSA) is 29.1 Å². The maximum absolute atomic E-state index is 12.2. The van der Waals surface area contributed by atoms with E-state index >= 15 is 0 Å². The molecule has 0 bridgehead atoms. The molecule has 0 aromatic heterocycles. The molecule has 2 nitrogen and oxygen atoms in total. The van der Waals surface area contributed by atoms with E-state index in [0.29, 0.717) is 6.04 Å². The highest BCUT2D eigenvalue weighted by atomic mass is 32.2. The Kier molecular flexibility index (Phi) is 5.11. The van der Waals surface area contributed by atoms with Gasteiger partial charge in [0.1, 0.15) is 0 Å². The lowest BCUT2D eigenvalue weighted by atomic mass is 10.1. The predicted molar refractivity (Wildman–Crippen MR) is 83.0 cm³/mol. The van der Waals surface area contributed by atoms with E-state index in [-0.39, 0.29) is 0 Å². The van der Waals surface area contributed by atoms with Crippen LogP contribution in [0.1, 0.15) is 20.3 Å². The maximum atomic E-state index is 12.2. The van der Waals surface area contributed by atoms with Crippen molar-refractivity contribution in [2.75, 3.05) is 12.3 Å². The van der Waals surface area contributed by atoms with Crippen LogP contribution in [0.5, 0.6) is 0 Å². The summed E-state index contributed by atoms with van der Waals surface area (Å²) in [4.78, 5) is 0.934. The molecule has 0 aliphatic rings. The minimum atomic E-state index is -0.894. The Hall–Kier alpha value is -1.19. The van der Waals surface area contributed by atoms with Gasteiger partial charge in [0.05, 0.1) is 10.8 Å². The van der Waals surface area contributed by atoms with Crippen LogP contribution in [0, 0.1) is 0 Å². The van der Waals surface area contributed by atoms with Crippen molar-refractivity contribution in [2.24, 2.45) is 0 Å². The summed E-state index contributed by atoms with van der Waals surface area (Å²) in [6.07, 6.45) is 0.942. The molecule has 0 amide bonds. The van der Waals surface area contributed by atoms with E-state index < -0.39 is 10.8 Å². The van der Waals surface area contributed by atoms with Crippen LogP contribution in [0.15, 0.2) is 47.4 Å². The van der Waals surface area contributed by atoms with Crippen LogP contribution in [-0.4, -0.2) is 22.5 Å². The Bertz CT molecular complexity index is 565. The van der Waals surface area contributed by atoms with E-state index in [9.17, 15) is 4.21 Å². The van der Waals surface area contributed by atoms with Crippen molar-refractivity contribution in [3.63, 3.8) is 0 Å². The SMILES string of the molecule is CC(C)NCCCS(=O)c1ccc2ccccc2c1. The highest BCUT2D eigenvalue weighted by molar-refractivity contribution is 7.85. The monoisotopic (exact) mass is 275 g/mol. The Morgan fingerprint density at radius 2 is 1.84 bits per heavy atom. The van der Waals surface area contributed by atoms with Gasteiger partial charge in [0.25, 0.3) is 0 Å². The standard InChI is InChI=1S/C16H21NOS/c1-13(2)17-10-5-11-19(18)16-9-8-14-6-3-4-7-15(14)12-16/h3-4,6-9,12-13,17H,5,10-11H2,1-2H3. The molecule has 0 radical (unpaired) electrons. The normalized spacial score (nSPS) is 13.0. The van der Waals surface area contributed by atoms with E-state index in [1.165, 1.54) is 5.39 Å². The van der Waals surface area contributed by atoms with Crippen molar-refractivity contribution in [3.05, 3.63) is 42.5 Å². The zero-order chi connectivity index (χ0) is 13.7. The molecule has 0 aliphatic heterocycles. The van der Waals surface area contributed by atoms with Gasteiger partial charge in [-0.3, -0.25) is 4.21 Å². The van der Waals surface area contributed by atoms with E-state index in [1.807, 2.05) is 24.3 Å². The second-order valence-electron chi connectivity index (χ2n) is 5.02. The fourth-order valence-corrected chi connectivity index (χ4v) is 3.14. The highest BCUT2D eigenvalue weighted by Crippen LogP contribution is 2.18. The van der Waals surface area contributed by atoms with Crippen LogP contribution in [-0.2, 0) is 10.8 Å². The highest BCUT2D eigenvalue weighted by Gasteiger charge is 2.04. The van der Waals surface area contributed by atoms with Gasteiger partial charge in [0.2, 0.25) is 0 Å². The van der Waals surface area contributed by atoms with E-state index in [4.69, 9.17) is 0 Å². The molecular formula is C16H21NOS. The van der Waals surface area contributed by atoms with Crippen LogP contribution in [0.4, 0.5) is 0 Å². The Balaban J connectivity index is 1.97. The number of fused-ring (bicyclic) bond motifs is 1. The fraction of sp³-hybridized carbons (Fsp3) is 0.375. The molecule has 0 saturated heterocycles. The van der Waals surface area contributed by atoms with Crippen LogP contribution in [0.2, 0.25) is 0 Å². The van der Waals surface area contributed by atoms with E-state index in [1.54, 1.807) is 0 Å². The summed E-state index contributed by atoms with van der Waals surface area (Å²) in [6, 6.07) is 14.8. The molecule has 1 unspecified atom stereocenters. The molecule has 1 N–H and O–H groups in total. The third-order valence-electron chi connectivity index (χ3n) is 3.04. The second-order valence-corrected chi connectivity index (χ2v) is 6.59. The number of nitrogens with one attached hydrogen (secondary N) is 1. The zero-order valence-electron chi connectivity index (χ0n) is 11.6. The molecule has 0 fully saturated rings. The van der Waals surface area contributed by atoms with E-state index in [0.717, 1.165) is 29.0 Å². The minimum absolute atomic E-state index is 0.495. The number of hydrogen-bond donors (Lipinski definition) is 1. The molecule has 2 aromatic rings. The van der Waals surface area contributed by atoms with Gasteiger partial charge in [-0.15, -0.1) is 0 Å². The molecule has 2 rings (SSSR count). The van der Waals surface area contributed by atoms with Crippen molar-refractivity contribution in [2.45, 2.75) is 31.2 Å². The van der Waals surface area contributed by atoms with Crippen molar-refractivity contribution in [1.82, 2.24) is 5.32 Å². The number of benzene rings is 2. The molecular weight excluding hydrogens is 254 g/mol. The lowest BCUT2D eigenvalue weighted by molar-refractivity contribution is 0.583. The first-order valence-corrected chi connectivity index (χ1v) is 8.09. The maximum Gasteiger partial charge on any atom is 0.0530 e. The molecule has 2 aromatic carbocycles. The van der Waals surface area contributed by atoms with Crippen LogP contribution in [0.3, 0.4) is 0 Å². The first-order valence-electron chi connectivity index (χ1n) is 6.77. The third kappa shape index (κ3) is 4.15. The van der Waals surface area contributed by atoms with Gasteiger partial charge >= 0.3 is 0 Å². The lowest BCUT2D eigenvalue weighted by Crippen LogP contribution is -2.24. The quantitative estimate of drug-likeness (QED) is 0.819. The summed E-state index contributed by atoms with van der Waals surface area (Å²) in [5.74, 6) is 0.720. The zero-order valence-corrected chi connectivity index (χ0v) is 12.4. The molecule has 0 spiro atoms. The van der Waals surface area contributed by atoms with Gasteiger partial charge in [0, 0.05) is 16.7 Å². The predicted octanol–water partition coefficient (Wildman–Crippen LogP) is 3.34. The molecule has 19 heavy (non-hydrogen) atoms. The Morgan fingerprint density at radius 3 is 2.58 bits per heavy atom. The largest absolute Gasteiger partial charge is 0.315 e. The average molecular weight is 275 g/mol. The fourth-order valence-electron chi connectivity index (χ4n) is 2.02. The average Bonchev–Trinajstić information content (AvgIpc) is 2.42. The molecule has 0 saturated carbocycles. The smallest absolute Gasteiger partial charge is 0.0530 e. The summed E-state index contributed by atoms with van der Waals surface area (Å²) in [7, 11) is -0.894. The first kappa shape index (κ1) is 14.2. The van der Waals surface area contributed by atoms with Crippen molar-refractivity contribution < 1.29 is 4.21 Å². The molecule has 102 valence electrons. The number of hydrogen-bond acceptors (Lipinski definition) is 2. The lowest BCUT2D eigenvalue weighted by Gasteiger charge is -2.08. The van der Waals surface area contributed by atoms with Gasteiger partial charge in [-0.1, -0.05) is 44.2 Å². The summed E-state index contributed by atoms with van der Waals surface area (Å²) >= 11 is 0. The van der Waals surface area contributed by atoms with Crippen LogP contribution in [0.25, 0.3) is 10.8 Å². The van der Waals surface area contributed by atoms with Crippen LogP contribution < -0.4 is 5.32 Å². The second kappa shape index (κ2) is 6.83. The molecule has 1 atom stereocenters. The first-order chi connectivity index (χ1) is 9.16. The van der Waals surface area contributed by atoms with Crippen molar-refractivity contribution in [3.8, 4) is 0 Å². The minimum Gasteiger partial charge on any atom is -0.315 e. The van der Waals surface area contributed by atoms with Crippen molar-refractivity contribution >= 4 is 21.6 Å². The third-order valence-corrected chi connectivity index (χ3v) is 4.48. The summed E-state index contributed by atoms with van der Waals surface area (Å²) < 4.78 is 12.2. The Labute approximate surface area is 117 Å². The van der Waals surface area contributed by atoms with Gasteiger partial charge in [-0.05, 0) is 35.9 Å². The van der Waals surface area contributed by atoms with Gasteiger partial charge < -0.3 is 5.32 Å². The van der Waals surface area contributed by atoms with Crippen molar-refractivity contribution in [1.29, 1.82) is 0 Å². The van der Waals surface area contributed by atoms with Gasteiger partial charge in [-0.25, -0.2) is 0 Å². The van der Waals surface area contributed by atoms with Crippen LogP contribution >= 0.6 is 0 Å². The Morgan fingerprint density at radius 1 is 1.11 bits per heavy atom. The van der Waals surface area contributed by atoms with Gasteiger partial charge in [-0.2, -0.15) is 0 Å². The molecule has 0 aliphatic carbocycles. The number of rotatable bonds is 6. The molecule has 0 heterocycles. The summed E-state index contributed by atoms with van der Waals surface area (Å²) in [5.41, 5.74) is 0. The van der Waals surface area contributed by atoms with Gasteiger partial charge in [0.15, 0.2) is 0 Å². The molecule has 3 heteroatoms. The summed E-state index contributed by atoms with van der Waals surface area (Å²) in [6.45, 7) is 5.18. The van der Waals surface area contributed by atoms with E-state index in [2.05, 4.69) is 37.4 Å².